The first-order valence-electron chi connectivity index (χ1n) is 11.0. The zero-order chi connectivity index (χ0) is 22.9. The number of halogens is 1. The highest BCUT2D eigenvalue weighted by molar-refractivity contribution is 5.85. The van der Waals surface area contributed by atoms with Crippen molar-refractivity contribution in [3.05, 3.63) is 71.2 Å². The highest BCUT2D eigenvalue weighted by Crippen LogP contribution is 2.42. The van der Waals surface area contributed by atoms with E-state index in [0.717, 1.165) is 42.4 Å². The Bertz CT molecular complexity index is 1150. The monoisotopic (exact) mass is 433 g/mol. The third-order valence-corrected chi connectivity index (χ3v) is 7.05. The van der Waals surface area contributed by atoms with Crippen LogP contribution >= 0.6 is 0 Å². The smallest absolute Gasteiger partial charge is 0.224 e. The number of rotatable bonds is 5. The van der Waals surface area contributed by atoms with Crippen LogP contribution in [0.1, 0.15) is 49.4 Å². The summed E-state index contributed by atoms with van der Waals surface area (Å²) in [6, 6.07) is 13.8. The summed E-state index contributed by atoms with van der Waals surface area (Å²) >= 11 is 0. The third-order valence-electron chi connectivity index (χ3n) is 7.05. The maximum Gasteiger partial charge on any atom is 0.224 e. The highest BCUT2D eigenvalue weighted by Gasteiger charge is 2.43. The van der Waals surface area contributed by atoms with E-state index in [-0.39, 0.29) is 29.1 Å². The van der Waals surface area contributed by atoms with Gasteiger partial charge >= 0.3 is 0 Å². The van der Waals surface area contributed by atoms with Crippen molar-refractivity contribution in [1.82, 2.24) is 10.2 Å². The Labute approximate surface area is 187 Å². The van der Waals surface area contributed by atoms with E-state index in [1.54, 1.807) is 18.4 Å². The molecule has 1 aliphatic heterocycles. The van der Waals surface area contributed by atoms with Gasteiger partial charge in [-0.25, -0.2) is 4.39 Å². The molecule has 1 aliphatic rings. The number of carbonyl (C=O) groups is 1. The van der Waals surface area contributed by atoms with Crippen LogP contribution in [0.3, 0.4) is 0 Å². The van der Waals surface area contributed by atoms with Gasteiger partial charge in [-0.2, -0.15) is 5.26 Å². The topological polar surface area (TPSA) is 69.3 Å². The number of carbonyl (C=O) groups excluding carboxylic acids is 1. The molecule has 2 unspecified atom stereocenters. The van der Waals surface area contributed by atoms with Gasteiger partial charge in [-0.15, -0.1) is 0 Å². The molecule has 1 N–H and O–H groups in total. The van der Waals surface area contributed by atoms with Gasteiger partial charge in [0, 0.05) is 22.3 Å². The molecule has 0 bridgehead atoms. The van der Waals surface area contributed by atoms with Crippen LogP contribution in [0, 0.1) is 23.1 Å². The van der Waals surface area contributed by atoms with Gasteiger partial charge in [-0.1, -0.05) is 19.1 Å². The molecule has 3 aromatic rings. The van der Waals surface area contributed by atoms with Crippen molar-refractivity contribution in [3.8, 4) is 6.07 Å². The van der Waals surface area contributed by atoms with Crippen LogP contribution in [-0.2, 0) is 10.2 Å². The van der Waals surface area contributed by atoms with Gasteiger partial charge in [0.15, 0.2) is 0 Å². The Balaban J connectivity index is 1.62. The van der Waals surface area contributed by atoms with E-state index in [2.05, 4.69) is 23.3 Å². The lowest BCUT2D eigenvalue weighted by molar-refractivity contribution is -0.128. The van der Waals surface area contributed by atoms with E-state index in [1.807, 2.05) is 32.0 Å². The Morgan fingerprint density at radius 2 is 1.88 bits per heavy atom. The van der Waals surface area contributed by atoms with Crippen LogP contribution in [0.2, 0.25) is 0 Å². The van der Waals surface area contributed by atoms with Crippen LogP contribution in [-0.4, -0.2) is 30.9 Å². The van der Waals surface area contributed by atoms with Gasteiger partial charge < -0.3 is 14.6 Å². The number of hydrogen-bond acceptors (Lipinski definition) is 4. The predicted molar refractivity (Wildman–Crippen MR) is 121 cm³/mol. The minimum absolute atomic E-state index is 0.0616. The largest absolute Gasteiger partial charge is 0.464 e. The first kappa shape index (κ1) is 22.0. The molecule has 0 radical (unpaired) electrons. The summed E-state index contributed by atoms with van der Waals surface area (Å²) in [4.78, 5) is 15.7. The molecular formula is C26H28FN3O2. The first-order chi connectivity index (χ1) is 15.3. The van der Waals surface area contributed by atoms with E-state index in [9.17, 15) is 14.4 Å². The Kier molecular flexibility index (Phi) is 6.03. The summed E-state index contributed by atoms with van der Waals surface area (Å²) in [5.74, 6) is -0.647. The molecular weight excluding hydrogens is 405 g/mol. The van der Waals surface area contributed by atoms with E-state index in [1.165, 1.54) is 12.1 Å². The summed E-state index contributed by atoms with van der Waals surface area (Å²) in [6.45, 7) is 5.62. The summed E-state index contributed by atoms with van der Waals surface area (Å²) < 4.78 is 19.2. The van der Waals surface area contributed by atoms with Gasteiger partial charge in [0.1, 0.15) is 11.4 Å². The van der Waals surface area contributed by atoms with E-state index >= 15 is 0 Å². The number of nitrogens with zero attached hydrogens (tertiary/aromatic N) is 2. The lowest BCUT2D eigenvalue weighted by Crippen LogP contribution is -2.50. The van der Waals surface area contributed by atoms with Gasteiger partial charge in [0.25, 0.3) is 0 Å². The van der Waals surface area contributed by atoms with Gasteiger partial charge in [0.2, 0.25) is 5.91 Å². The fraction of sp³-hybridized carbons (Fsp3) is 0.385. The minimum Gasteiger partial charge on any atom is -0.464 e. The number of amides is 1. The van der Waals surface area contributed by atoms with Crippen molar-refractivity contribution >= 4 is 16.9 Å². The maximum atomic E-state index is 13.6. The second kappa shape index (κ2) is 8.76. The van der Waals surface area contributed by atoms with Gasteiger partial charge in [-0.3, -0.25) is 4.79 Å². The molecule has 0 aliphatic carbocycles. The molecule has 0 spiro atoms. The molecule has 1 saturated heterocycles. The molecule has 166 valence electrons. The third kappa shape index (κ3) is 4.01. The van der Waals surface area contributed by atoms with E-state index in [0.29, 0.717) is 11.1 Å². The normalized spacial score (nSPS) is 18.1. The molecule has 1 fully saturated rings. The number of nitrogens with one attached hydrogen (secondary N) is 1. The van der Waals surface area contributed by atoms with Crippen molar-refractivity contribution in [1.29, 1.82) is 5.26 Å². The molecule has 5 nitrogen and oxygen atoms in total. The average molecular weight is 434 g/mol. The number of furan rings is 1. The quantitative estimate of drug-likeness (QED) is 0.620. The van der Waals surface area contributed by atoms with Gasteiger partial charge in [0.05, 0.1) is 23.9 Å². The SMILES string of the molecule is CC(NC(=O)C(C)C1(c2ccc(F)cc2)CCN(C)CC1)c1cc(C#N)cc2ccoc12. The Morgan fingerprint density at radius 3 is 2.53 bits per heavy atom. The molecule has 2 aromatic carbocycles. The highest BCUT2D eigenvalue weighted by atomic mass is 19.1. The number of likely N-dealkylation sites (tertiary alicyclic amines) is 1. The van der Waals surface area contributed by atoms with Crippen LogP contribution in [0.4, 0.5) is 4.39 Å². The van der Waals surface area contributed by atoms with Crippen molar-refractivity contribution in [2.24, 2.45) is 5.92 Å². The Hall–Kier alpha value is -3.17. The van der Waals surface area contributed by atoms with E-state index < -0.39 is 0 Å². The Morgan fingerprint density at radius 1 is 1.19 bits per heavy atom. The molecule has 2 atom stereocenters. The lowest BCUT2D eigenvalue weighted by atomic mass is 9.64. The predicted octanol–water partition coefficient (Wildman–Crippen LogP) is 4.92. The standard InChI is InChI=1S/C26H28FN3O2/c1-17(26(9-11-30(3)12-10-26)21-4-6-22(27)7-5-21)25(31)29-18(2)23-15-19(16-28)14-20-8-13-32-24(20)23/h4-8,13-15,17-18H,9-12H2,1-3H3,(H,29,31). The second-order valence-electron chi connectivity index (χ2n) is 8.93. The molecule has 2 heterocycles. The molecule has 1 aromatic heterocycles. The summed E-state index contributed by atoms with van der Waals surface area (Å²) in [5.41, 5.74) is 2.63. The first-order valence-corrected chi connectivity index (χ1v) is 11.0. The number of hydrogen-bond donors (Lipinski definition) is 1. The summed E-state index contributed by atoms with van der Waals surface area (Å²) in [6.07, 6.45) is 3.24. The lowest BCUT2D eigenvalue weighted by Gasteiger charge is -2.45. The van der Waals surface area contributed by atoms with Crippen LogP contribution in [0.5, 0.6) is 0 Å². The molecule has 4 rings (SSSR count). The van der Waals surface area contributed by atoms with E-state index in [4.69, 9.17) is 4.42 Å². The second-order valence-corrected chi connectivity index (χ2v) is 8.93. The van der Waals surface area contributed by atoms with Gasteiger partial charge in [-0.05, 0) is 75.8 Å². The summed E-state index contributed by atoms with van der Waals surface area (Å²) in [7, 11) is 2.08. The van der Waals surface area contributed by atoms with Crippen molar-refractivity contribution in [2.45, 2.75) is 38.1 Å². The zero-order valence-electron chi connectivity index (χ0n) is 18.7. The minimum atomic E-state index is -0.363. The van der Waals surface area contributed by atoms with Crippen LogP contribution < -0.4 is 5.32 Å². The van der Waals surface area contributed by atoms with Crippen molar-refractivity contribution in [2.75, 3.05) is 20.1 Å². The van der Waals surface area contributed by atoms with Crippen molar-refractivity contribution in [3.63, 3.8) is 0 Å². The summed E-state index contributed by atoms with van der Waals surface area (Å²) in [5, 5.41) is 13.4. The molecule has 1 amide bonds. The molecule has 0 saturated carbocycles. The number of nitriles is 1. The fourth-order valence-corrected chi connectivity index (χ4v) is 4.93. The van der Waals surface area contributed by atoms with Crippen molar-refractivity contribution < 1.29 is 13.6 Å². The number of piperidine rings is 1. The molecule has 6 heteroatoms. The zero-order valence-corrected chi connectivity index (χ0v) is 18.7. The van der Waals surface area contributed by atoms with Crippen LogP contribution in [0.25, 0.3) is 11.0 Å². The number of benzene rings is 2. The maximum absolute atomic E-state index is 13.6. The number of fused-ring (bicyclic) bond motifs is 1. The average Bonchev–Trinajstić information content (AvgIpc) is 3.27. The molecule has 32 heavy (non-hydrogen) atoms. The fourth-order valence-electron chi connectivity index (χ4n) is 4.93. The van der Waals surface area contributed by atoms with Crippen LogP contribution in [0.15, 0.2) is 53.1 Å².